The zero-order chi connectivity index (χ0) is 43.1. The minimum Gasteiger partial charge on any atom is -0.465 e. The average Bonchev–Trinajstić information content (AvgIpc) is 3.27. The zero-order valence-corrected chi connectivity index (χ0v) is 39.0. The van der Waals surface area contributed by atoms with Crippen LogP contribution in [0.2, 0.25) is 0 Å². The number of ether oxygens (including phenoxy) is 3. The lowest BCUT2D eigenvalue weighted by atomic mass is 9.86. The molecule has 4 rings (SSSR count). The molecule has 0 bridgehead atoms. The van der Waals surface area contributed by atoms with Gasteiger partial charge in [0.1, 0.15) is 18.9 Å². The van der Waals surface area contributed by atoms with Crippen molar-refractivity contribution >= 4 is 17.9 Å². The van der Waals surface area contributed by atoms with Crippen LogP contribution in [-0.2, 0) is 28.6 Å². The standard InChI is InChI=1S/C48H90N6O6/c1-7-13-16-34(10-4)31-58-43(55)37-19-25-40(26-20-37)49-46-52-47(50-41-27-21-38(22-28-41)44(56)59-32-35(11-5)17-14-8-2)54-48(53-46)51-42-29-23-39(24-30-42)45(57)60-33-36(12-6)18-15-9-3/h34-42,46-54H,7-33H2,1-6H3. The van der Waals surface area contributed by atoms with Crippen molar-refractivity contribution in [3.8, 4) is 0 Å². The number of hydrogen-bond donors (Lipinski definition) is 6. The second-order valence-electron chi connectivity index (χ2n) is 19.1. The number of unbranched alkanes of at least 4 members (excludes halogenated alkanes) is 3. The molecule has 4 aliphatic rings. The summed E-state index contributed by atoms with van der Waals surface area (Å²) in [6.07, 6.45) is 23.7. The summed E-state index contributed by atoms with van der Waals surface area (Å²) in [5.74, 6) is 1.27. The van der Waals surface area contributed by atoms with E-state index in [1.54, 1.807) is 0 Å². The fourth-order valence-corrected chi connectivity index (χ4v) is 9.78. The van der Waals surface area contributed by atoms with E-state index in [9.17, 15) is 14.4 Å². The van der Waals surface area contributed by atoms with Crippen LogP contribution in [0.5, 0.6) is 0 Å². The molecule has 3 saturated carbocycles. The molecule has 3 atom stereocenters. The molecule has 0 aromatic heterocycles. The highest BCUT2D eigenvalue weighted by Crippen LogP contribution is 2.29. The Morgan fingerprint density at radius 1 is 0.433 bits per heavy atom. The number of rotatable bonds is 27. The van der Waals surface area contributed by atoms with Crippen LogP contribution in [0.25, 0.3) is 0 Å². The first-order valence-corrected chi connectivity index (χ1v) is 25.2. The van der Waals surface area contributed by atoms with E-state index in [1.165, 1.54) is 38.5 Å². The van der Waals surface area contributed by atoms with E-state index in [1.807, 2.05) is 0 Å². The molecule has 1 aliphatic heterocycles. The van der Waals surface area contributed by atoms with Gasteiger partial charge in [-0.2, -0.15) is 0 Å². The summed E-state index contributed by atoms with van der Waals surface area (Å²) in [6, 6.07) is 0.827. The zero-order valence-electron chi connectivity index (χ0n) is 39.0. The molecule has 12 nitrogen and oxygen atoms in total. The van der Waals surface area contributed by atoms with Gasteiger partial charge >= 0.3 is 17.9 Å². The highest BCUT2D eigenvalue weighted by atomic mass is 16.5. The fourth-order valence-electron chi connectivity index (χ4n) is 9.78. The van der Waals surface area contributed by atoms with Gasteiger partial charge in [-0.25, -0.2) is 0 Å². The highest BCUT2D eigenvalue weighted by Gasteiger charge is 2.36. The molecule has 0 spiro atoms. The minimum absolute atomic E-state index is 0.0183. The van der Waals surface area contributed by atoms with Crippen molar-refractivity contribution < 1.29 is 28.6 Å². The predicted octanol–water partition coefficient (Wildman–Crippen LogP) is 8.34. The van der Waals surface area contributed by atoms with Gasteiger partial charge < -0.3 is 14.2 Å². The first kappa shape index (κ1) is 50.8. The van der Waals surface area contributed by atoms with Crippen LogP contribution in [0.3, 0.4) is 0 Å². The Morgan fingerprint density at radius 3 is 0.900 bits per heavy atom. The van der Waals surface area contributed by atoms with Crippen LogP contribution in [0, 0.1) is 35.5 Å². The molecule has 60 heavy (non-hydrogen) atoms. The molecule has 12 heteroatoms. The Bertz CT molecular complexity index is 1040. The Hall–Kier alpha value is -1.83. The third-order valence-corrected chi connectivity index (χ3v) is 14.4. The van der Waals surface area contributed by atoms with Crippen molar-refractivity contribution in [1.29, 1.82) is 0 Å². The topological polar surface area (TPSA) is 151 Å². The van der Waals surface area contributed by atoms with E-state index in [0.29, 0.717) is 37.6 Å². The first-order chi connectivity index (χ1) is 29.2. The van der Waals surface area contributed by atoms with Crippen molar-refractivity contribution in [2.24, 2.45) is 35.5 Å². The fraction of sp³-hybridized carbons (Fsp3) is 0.938. The maximum Gasteiger partial charge on any atom is 0.308 e. The van der Waals surface area contributed by atoms with Crippen LogP contribution >= 0.6 is 0 Å². The SMILES string of the molecule is CCCCC(CC)COC(=O)C1CCC(NC2NC(NC3CCC(C(=O)OCC(CC)CCCC)CC3)NC(NC3CCC(C(=O)OCC(CC)CCCC)CC3)N2)CC1. The van der Waals surface area contributed by atoms with Crippen molar-refractivity contribution in [3.63, 3.8) is 0 Å². The summed E-state index contributed by atoms with van der Waals surface area (Å²) < 4.78 is 17.5. The van der Waals surface area contributed by atoms with Crippen molar-refractivity contribution in [2.45, 2.75) is 233 Å². The molecule has 0 radical (unpaired) electrons. The van der Waals surface area contributed by atoms with E-state index in [0.717, 1.165) is 116 Å². The van der Waals surface area contributed by atoms with Crippen LogP contribution in [0.4, 0.5) is 0 Å². The number of nitrogens with one attached hydrogen (secondary N) is 6. The molecule has 3 unspecified atom stereocenters. The monoisotopic (exact) mass is 847 g/mol. The van der Waals surface area contributed by atoms with E-state index < -0.39 is 0 Å². The van der Waals surface area contributed by atoms with Gasteiger partial charge in [-0.3, -0.25) is 46.3 Å². The summed E-state index contributed by atoms with van der Waals surface area (Å²) in [5, 5.41) is 22.7. The van der Waals surface area contributed by atoms with Crippen LogP contribution in [0.1, 0.15) is 196 Å². The van der Waals surface area contributed by atoms with Gasteiger partial charge in [-0.15, -0.1) is 0 Å². The van der Waals surface area contributed by atoms with E-state index in [2.05, 4.69) is 73.4 Å². The molecular weight excluding hydrogens is 757 g/mol. The Balaban J connectivity index is 1.27. The molecule has 1 heterocycles. The second-order valence-corrected chi connectivity index (χ2v) is 19.1. The van der Waals surface area contributed by atoms with Gasteiger partial charge in [0, 0.05) is 18.1 Å². The Kier molecular flexibility index (Phi) is 24.4. The molecule has 0 amide bonds. The third-order valence-electron chi connectivity index (χ3n) is 14.4. The second kappa shape index (κ2) is 28.8. The van der Waals surface area contributed by atoms with E-state index >= 15 is 0 Å². The molecule has 348 valence electrons. The Labute approximate surface area is 365 Å². The maximum atomic E-state index is 13.0. The minimum atomic E-state index is -0.158. The molecule has 0 aromatic rings. The van der Waals surface area contributed by atoms with Gasteiger partial charge in [-0.1, -0.05) is 99.3 Å². The van der Waals surface area contributed by atoms with Crippen molar-refractivity contribution in [3.05, 3.63) is 0 Å². The first-order valence-electron chi connectivity index (χ1n) is 25.2. The number of hydrogen-bond acceptors (Lipinski definition) is 12. The van der Waals surface area contributed by atoms with E-state index in [-0.39, 0.29) is 72.7 Å². The normalized spacial score (nSPS) is 30.2. The van der Waals surface area contributed by atoms with Gasteiger partial charge in [0.05, 0.1) is 37.6 Å². The lowest BCUT2D eigenvalue weighted by Gasteiger charge is -2.44. The number of carbonyl (C=O) groups is 3. The molecule has 4 fully saturated rings. The summed E-state index contributed by atoms with van der Waals surface area (Å²) in [4.78, 5) is 39.1. The summed E-state index contributed by atoms with van der Waals surface area (Å²) >= 11 is 0. The number of esters is 3. The van der Waals surface area contributed by atoms with Gasteiger partial charge in [0.2, 0.25) is 0 Å². The third kappa shape index (κ3) is 18.1. The summed E-state index contributed by atoms with van der Waals surface area (Å²) in [6.45, 7) is 14.9. The average molecular weight is 847 g/mol. The van der Waals surface area contributed by atoms with Gasteiger partial charge in [0.15, 0.2) is 0 Å². The summed E-state index contributed by atoms with van der Waals surface area (Å²) in [5.41, 5.74) is 0. The molecular formula is C48H90N6O6. The van der Waals surface area contributed by atoms with Crippen molar-refractivity contribution in [1.82, 2.24) is 31.9 Å². The lowest BCUT2D eigenvalue weighted by Crippen LogP contribution is -2.79. The smallest absolute Gasteiger partial charge is 0.308 e. The number of carbonyl (C=O) groups excluding carboxylic acids is 3. The van der Waals surface area contributed by atoms with Gasteiger partial charge in [0.25, 0.3) is 0 Å². The maximum absolute atomic E-state index is 13.0. The van der Waals surface area contributed by atoms with Crippen LogP contribution in [0.15, 0.2) is 0 Å². The van der Waals surface area contributed by atoms with E-state index in [4.69, 9.17) is 14.2 Å². The molecule has 3 aliphatic carbocycles. The quantitative estimate of drug-likeness (QED) is 0.0349. The predicted molar refractivity (Wildman–Crippen MR) is 240 cm³/mol. The molecule has 6 N–H and O–H groups in total. The van der Waals surface area contributed by atoms with Gasteiger partial charge in [-0.05, 0) is 114 Å². The lowest BCUT2D eigenvalue weighted by molar-refractivity contribution is -0.152. The van der Waals surface area contributed by atoms with Crippen LogP contribution in [-0.4, -0.2) is 74.7 Å². The van der Waals surface area contributed by atoms with Crippen molar-refractivity contribution in [2.75, 3.05) is 19.8 Å². The summed E-state index contributed by atoms with van der Waals surface area (Å²) in [7, 11) is 0. The highest BCUT2D eigenvalue weighted by molar-refractivity contribution is 5.73. The largest absolute Gasteiger partial charge is 0.465 e. The Morgan fingerprint density at radius 2 is 0.683 bits per heavy atom. The van der Waals surface area contributed by atoms with Crippen LogP contribution < -0.4 is 31.9 Å². The molecule has 1 saturated heterocycles. The molecule has 0 aromatic carbocycles.